The number of carbonyl (C=O) groups excluding carboxylic acids is 2. The molecule has 2 aromatic rings. The number of nitrogens with zero attached hydrogens (tertiary/aromatic N) is 1. The maximum atomic E-state index is 12.6. The molecule has 1 aliphatic heterocycles. The molecule has 26 heavy (non-hydrogen) atoms. The Morgan fingerprint density at radius 3 is 2.27 bits per heavy atom. The van der Waals surface area contributed by atoms with Crippen molar-refractivity contribution >= 4 is 12.1 Å². The minimum atomic E-state index is -0.578. The maximum Gasteiger partial charge on any atom is 0.413 e. The van der Waals surface area contributed by atoms with Gasteiger partial charge in [0.05, 0.1) is 0 Å². The summed E-state index contributed by atoms with van der Waals surface area (Å²) in [5.74, 6) is -0.387. The fraction of sp³-hybridized carbons (Fsp3) is 0.333. The Hall–Kier alpha value is -2.82. The molecule has 134 valence electrons. The number of cyclic esters (lactones) is 1. The molecule has 1 heterocycles. The fourth-order valence-electron chi connectivity index (χ4n) is 3.90. The summed E-state index contributed by atoms with van der Waals surface area (Å²) in [4.78, 5) is 25.8. The van der Waals surface area contributed by atoms with Gasteiger partial charge in [0.1, 0.15) is 12.6 Å². The summed E-state index contributed by atoms with van der Waals surface area (Å²) < 4.78 is 10.6. The van der Waals surface area contributed by atoms with Crippen LogP contribution < -0.4 is 0 Å². The van der Waals surface area contributed by atoms with Gasteiger partial charge in [-0.25, -0.2) is 9.59 Å². The Bertz CT molecular complexity index is 815. The first-order valence-corrected chi connectivity index (χ1v) is 8.86. The summed E-state index contributed by atoms with van der Waals surface area (Å²) in [5, 5.41) is 0. The predicted octanol–water partition coefficient (Wildman–Crippen LogP) is 3.78. The van der Waals surface area contributed by atoms with E-state index >= 15 is 0 Å². The van der Waals surface area contributed by atoms with E-state index in [1.54, 1.807) is 0 Å². The number of esters is 1. The Kier molecular flexibility index (Phi) is 4.15. The summed E-state index contributed by atoms with van der Waals surface area (Å²) in [6.07, 6.45) is -0.503. The molecule has 1 aliphatic carbocycles. The second-order valence-electron chi connectivity index (χ2n) is 7.06. The van der Waals surface area contributed by atoms with Crippen LogP contribution >= 0.6 is 0 Å². The molecule has 0 N–H and O–H groups in total. The Balaban J connectivity index is 1.53. The van der Waals surface area contributed by atoms with Gasteiger partial charge in [0, 0.05) is 5.92 Å². The Morgan fingerprint density at radius 2 is 1.69 bits per heavy atom. The predicted molar refractivity (Wildman–Crippen MR) is 96.5 cm³/mol. The zero-order valence-electron chi connectivity index (χ0n) is 14.8. The van der Waals surface area contributed by atoms with Crippen molar-refractivity contribution in [3.8, 4) is 11.1 Å². The summed E-state index contributed by atoms with van der Waals surface area (Å²) in [5.41, 5.74) is 4.69. The molecule has 0 spiro atoms. The summed E-state index contributed by atoms with van der Waals surface area (Å²) >= 11 is 0. The largest absolute Gasteiger partial charge is 0.448 e. The standard InChI is InChI=1S/C21H21NO4/c1-13(2)19-20(23)26-12-22(19)21(24)25-11-18-16-9-5-3-7-14(16)15-8-4-6-10-17(15)18/h3-10,13,18-19H,11-12H2,1-2H3/t19-/m0/s1. The van der Waals surface area contributed by atoms with E-state index in [1.807, 2.05) is 38.1 Å². The van der Waals surface area contributed by atoms with Crippen LogP contribution in [-0.2, 0) is 14.3 Å². The van der Waals surface area contributed by atoms with Crippen LogP contribution in [0, 0.1) is 5.92 Å². The Labute approximate surface area is 152 Å². The molecule has 5 heteroatoms. The van der Waals surface area contributed by atoms with Gasteiger partial charge < -0.3 is 9.47 Å². The van der Waals surface area contributed by atoms with Gasteiger partial charge in [-0.2, -0.15) is 0 Å². The van der Waals surface area contributed by atoms with Gasteiger partial charge in [-0.3, -0.25) is 4.90 Å². The smallest absolute Gasteiger partial charge is 0.413 e. The van der Waals surface area contributed by atoms with Crippen molar-refractivity contribution in [3.63, 3.8) is 0 Å². The second-order valence-corrected chi connectivity index (χ2v) is 7.06. The van der Waals surface area contributed by atoms with Gasteiger partial charge in [-0.05, 0) is 28.2 Å². The van der Waals surface area contributed by atoms with Crippen molar-refractivity contribution in [2.24, 2.45) is 5.92 Å². The van der Waals surface area contributed by atoms with E-state index in [0.717, 1.165) is 11.1 Å². The number of hydrogen-bond acceptors (Lipinski definition) is 4. The van der Waals surface area contributed by atoms with Gasteiger partial charge in [0.15, 0.2) is 6.73 Å². The monoisotopic (exact) mass is 351 g/mol. The highest BCUT2D eigenvalue weighted by atomic mass is 16.6. The number of amides is 1. The third kappa shape index (κ3) is 2.64. The molecule has 4 rings (SSSR count). The van der Waals surface area contributed by atoms with E-state index in [-0.39, 0.29) is 31.1 Å². The van der Waals surface area contributed by atoms with Gasteiger partial charge in [0.25, 0.3) is 0 Å². The van der Waals surface area contributed by atoms with E-state index in [2.05, 4.69) is 24.3 Å². The lowest BCUT2D eigenvalue weighted by atomic mass is 9.98. The molecule has 2 aromatic carbocycles. The maximum absolute atomic E-state index is 12.6. The SMILES string of the molecule is CC(C)[C@H]1C(=O)OCN1C(=O)OCC1c2ccccc2-c2ccccc21. The first kappa shape index (κ1) is 16.6. The highest BCUT2D eigenvalue weighted by molar-refractivity contribution is 5.84. The molecule has 1 atom stereocenters. The molecule has 1 amide bonds. The minimum absolute atomic E-state index is 0.00285. The van der Waals surface area contributed by atoms with Gasteiger partial charge in [-0.15, -0.1) is 0 Å². The number of benzene rings is 2. The lowest BCUT2D eigenvalue weighted by Gasteiger charge is -2.23. The highest BCUT2D eigenvalue weighted by Gasteiger charge is 2.41. The van der Waals surface area contributed by atoms with Crippen LogP contribution in [0.15, 0.2) is 48.5 Å². The normalized spacial score (nSPS) is 18.7. The lowest BCUT2D eigenvalue weighted by Crippen LogP contribution is -2.42. The van der Waals surface area contributed by atoms with Crippen LogP contribution in [-0.4, -0.2) is 36.3 Å². The lowest BCUT2D eigenvalue weighted by molar-refractivity contribution is -0.139. The molecule has 1 fully saturated rings. The second kappa shape index (κ2) is 6.48. The summed E-state index contributed by atoms with van der Waals surface area (Å²) in [7, 11) is 0. The van der Waals surface area contributed by atoms with Crippen molar-refractivity contribution in [2.45, 2.75) is 25.8 Å². The van der Waals surface area contributed by atoms with Crippen LogP contribution in [0.2, 0.25) is 0 Å². The number of carbonyl (C=O) groups is 2. The molecule has 1 saturated heterocycles. The summed E-state index contributed by atoms with van der Waals surface area (Å²) in [6, 6.07) is 15.8. The number of rotatable bonds is 3. The van der Waals surface area contributed by atoms with Crippen molar-refractivity contribution in [2.75, 3.05) is 13.3 Å². The summed E-state index contributed by atoms with van der Waals surface area (Å²) in [6.45, 7) is 3.97. The number of hydrogen-bond donors (Lipinski definition) is 0. The van der Waals surface area contributed by atoms with E-state index in [1.165, 1.54) is 16.0 Å². The van der Waals surface area contributed by atoms with Crippen LogP contribution in [0.1, 0.15) is 30.9 Å². The van der Waals surface area contributed by atoms with E-state index in [4.69, 9.17) is 9.47 Å². The zero-order valence-corrected chi connectivity index (χ0v) is 14.8. The quantitative estimate of drug-likeness (QED) is 0.790. The molecule has 5 nitrogen and oxygen atoms in total. The topological polar surface area (TPSA) is 55.8 Å². The average Bonchev–Trinajstić information content (AvgIpc) is 3.18. The molecule has 0 aromatic heterocycles. The molecule has 0 saturated carbocycles. The first-order valence-electron chi connectivity index (χ1n) is 8.86. The van der Waals surface area contributed by atoms with Gasteiger partial charge in [0.2, 0.25) is 0 Å². The fourth-order valence-corrected chi connectivity index (χ4v) is 3.90. The molecule has 0 unspecified atom stereocenters. The van der Waals surface area contributed by atoms with Crippen molar-refractivity contribution in [1.29, 1.82) is 0 Å². The molecule has 0 bridgehead atoms. The van der Waals surface area contributed by atoms with E-state index in [0.29, 0.717) is 0 Å². The third-order valence-electron chi connectivity index (χ3n) is 5.13. The van der Waals surface area contributed by atoms with E-state index < -0.39 is 12.1 Å². The van der Waals surface area contributed by atoms with Crippen molar-refractivity contribution < 1.29 is 19.1 Å². The number of fused-ring (bicyclic) bond motifs is 3. The zero-order chi connectivity index (χ0) is 18.3. The molecule has 0 radical (unpaired) electrons. The van der Waals surface area contributed by atoms with Gasteiger partial charge >= 0.3 is 12.1 Å². The van der Waals surface area contributed by atoms with Crippen LogP contribution in [0.4, 0.5) is 4.79 Å². The third-order valence-corrected chi connectivity index (χ3v) is 5.13. The average molecular weight is 351 g/mol. The van der Waals surface area contributed by atoms with Crippen LogP contribution in [0.3, 0.4) is 0 Å². The molecule has 2 aliphatic rings. The highest BCUT2D eigenvalue weighted by Crippen LogP contribution is 2.44. The molecular formula is C21H21NO4. The van der Waals surface area contributed by atoms with Crippen molar-refractivity contribution in [1.82, 2.24) is 4.90 Å². The number of ether oxygens (including phenoxy) is 2. The first-order chi connectivity index (χ1) is 12.6. The van der Waals surface area contributed by atoms with Crippen LogP contribution in [0.25, 0.3) is 11.1 Å². The van der Waals surface area contributed by atoms with Crippen molar-refractivity contribution in [3.05, 3.63) is 59.7 Å². The van der Waals surface area contributed by atoms with Crippen LogP contribution in [0.5, 0.6) is 0 Å². The molecular weight excluding hydrogens is 330 g/mol. The van der Waals surface area contributed by atoms with E-state index in [9.17, 15) is 9.59 Å². The minimum Gasteiger partial charge on any atom is -0.448 e. The van der Waals surface area contributed by atoms with Gasteiger partial charge in [-0.1, -0.05) is 62.4 Å². The Morgan fingerprint density at radius 1 is 1.12 bits per heavy atom.